The van der Waals surface area contributed by atoms with Gasteiger partial charge in [0.25, 0.3) is 0 Å². The van der Waals surface area contributed by atoms with E-state index in [2.05, 4.69) is 54.6 Å². The van der Waals surface area contributed by atoms with Gasteiger partial charge in [0.2, 0.25) is 0 Å². The SMILES string of the molecule is c1ccc(Oc2cccc(-c3ccc(-c4ccccc4Oc4ccccc4)c(Oc4ccccc4)c3-c3ccccc3)c2)cc1. The third-order valence-corrected chi connectivity index (χ3v) is 7.46. The summed E-state index contributed by atoms with van der Waals surface area (Å²) in [5.74, 6) is 4.54. The van der Waals surface area contributed by atoms with Crippen LogP contribution < -0.4 is 14.2 Å². The molecule has 7 rings (SSSR count). The Hall–Kier alpha value is -6.06. The van der Waals surface area contributed by atoms with E-state index in [4.69, 9.17) is 14.2 Å². The lowest BCUT2D eigenvalue weighted by Gasteiger charge is -2.22. The Morgan fingerprint density at radius 1 is 0.289 bits per heavy atom. The lowest BCUT2D eigenvalue weighted by molar-refractivity contribution is 0.478. The Morgan fingerprint density at radius 3 is 1.44 bits per heavy atom. The van der Waals surface area contributed by atoms with Crippen LogP contribution in [-0.2, 0) is 0 Å². The molecule has 0 bridgehead atoms. The summed E-state index contributed by atoms with van der Waals surface area (Å²) in [6, 6.07) is 60.5. The molecule has 0 spiro atoms. The fraction of sp³-hybridized carbons (Fsp3) is 0. The molecule has 0 N–H and O–H groups in total. The van der Waals surface area contributed by atoms with Gasteiger partial charge in [-0.05, 0) is 77.4 Å². The molecular formula is C42H30O3. The van der Waals surface area contributed by atoms with Gasteiger partial charge in [-0.15, -0.1) is 0 Å². The number of para-hydroxylation sites is 4. The molecule has 0 radical (unpaired) electrons. The minimum atomic E-state index is 0.739. The Kier molecular flexibility index (Phi) is 8.06. The smallest absolute Gasteiger partial charge is 0.143 e. The van der Waals surface area contributed by atoms with Crippen LogP contribution in [0.1, 0.15) is 0 Å². The zero-order valence-electron chi connectivity index (χ0n) is 24.5. The summed E-state index contributed by atoms with van der Waals surface area (Å²) in [6.45, 7) is 0. The Balaban J connectivity index is 1.43. The van der Waals surface area contributed by atoms with Gasteiger partial charge in [-0.1, -0.05) is 121 Å². The van der Waals surface area contributed by atoms with E-state index >= 15 is 0 Å². The largest absolute Gasteiger partial charge is 0.457 e. The summed E-state index contributed by atoms with van der Waals surface area (Å²) < 4.78 is 19.5. The van der Waals surface area contributed by atoms with E-state index in [0.717, 1.165) is 67.9 Å². The van der Waals surface area contributed by atoms with E-state index in [-0.39, 0.29) is 0 Å². The average Bonchev–Trinajstić information content (AvgIpc) is 3.10. The average molecular weight is 583 g/mol. The van der Waals surface area contributed by atoms with Crippen molar-refractivity contribution in [3.05, 3.63) is 182 Å². The third kappa shape index (κ3) is 6.34. The molecule has 0 heterocycles. The molecule has 0 saturated heterocycles. The molecule has 45 heavy (non-hydrogen) atoms. The van der Waals surface area contributed by atoms with Gasteiger partial charge in [0.15, 0.2) is 0 Å². The molecule has 0 fully saturated rings. The first-order valence-corrected chi connectivity index (χ1v) is 14.9. The standard InChI is InChI=1S/C42H30O3/c1-5-16-31(17-6-1)41-37(32-18-15-25-36(30-32)43-33-19-7-2-8-20-33)28-29-39(42(41)45-35-23-11-4-12-24-35)38-26-13-14-27-40(38)44-34-21-9-3-10-22-34/h1-30H. The van der Waals surface area contributed by atoms with Crippen molar-refractivity contribution in [2.45, 2.75) is 0 Å². The highest BCUT2D eigenvalue weighted by Crippen LogP contribution is 2.49. The molecule has 0 unspecified atom stereocenters. The first-order valence-electron chi connectivity index (χ1n) is 14.9. The molecule has 0 amide bonds. The Labute approximate surface area is 263 Å². The van der Waals surface area contributed by atoms with E-state index in [9.17, 15) is 0 Å². The van der Waals surface area contributed by atoms with E-state index in [1.807, 2.05) is 127 Å². The van der Waals surface area contributed by atoms with Crippen molar-refractivity contribution in [2.75, 3.05) is 0 Å². The summed E-state index contributed by atoms with van der Waals surface area (Å²) in [4.78, 5) is 0. The summed E-state index contributed by atoms with van der Waals surface area (Å²) in [5.41, 5.74) is 5.90. The molecule has 0 aliphatic heterocycles. The fourth-order valence-corrected chi connectivity index (χ4v) is 5.38. The second kappa shape index (κ2) is 13.1. The van der Waals surface area contributed by atoms with Crippen molar-refractivity contribution in [3.8, 4) is 67.9 Å². The summed E-state index contributed by atoms with van der Waals surface area (Å²) >= 11 is 0. The van der Waals surface area contributed by atoms with Crippen LogP contribution in [0.25, 0.3) is 33.4 Å². The summed E-state index contributed by atoms with van der Waals surface area (Å²) in [7, 11) is 0. The van der Waals surface area contributed by atoms with Crippen LogP contribution in [0, 0.1) is 0 Å². The Morgan fingerprint density at radius 2 is 0.778 bits per heavy atom. The van der Waals surface area contributed by atoms with Gasteiger partial charge in [0.05, 0.1) is 0 Å². The van der Waals surface area contributed by atoms with Gasteiger partial charge < -0.3 is 14.2 Å². The second-order valence-electron chi connectivity index (χ2n) is 10.5. The minimum Gasteiger partial charge on any atom is -0.457 e. The minimum absolute atomic E-state index is 0.739. The van der Waals surface area contributed by atoms with Crippen LogP contribution in [0.15, 0.2) is 182 Å². The van der Waals surface area contributed by atoms with Gasteiger partial charge in [-0.2, -0.15) is 0 Å². The molecule has 3 nitrogen and oxygen atoms in total. The third-order valence-electron chi connectivity index (χ3n) is 7.46. The van der Waals surface area contributed by atoms with Crippen LogP contribution in [0.3, 0.4) is 0 Å². The first kappa shape index (κ1) is 27.8. The Bertz CT molecular complexity index is 2010. The summed E-state index contributed by atoms with van der Waals surface area (Å²) in [6.07, 6.45) is 0. The predicted molar refractivity (Wildman–Crippen MR) is 182 cm³/mol. The van der Waals surface area contributed by atoms with Crippen LogP contribution in [0.5, 0.6) is 34.5 Å². The highest BCUT2D eigenvalue weighted by Gasteiger charge is 2.22. The van der Waals surface area contributed by atoms with Gasteiger partial charge in [-0.25, -0.2) is 0 Å². The van der Waals surface area contributed by atoms with Crippen molar-refractivity contribution in [2.24, 2.45) is 0 Å². The maximum Gasteiger partial charge on any atom is 0.143 e. The first-order chi connectivity index (χ1) is 22.3. The monoisotopic (exact) mass is 582 g/mol. The van der Waals surface area contributed by atoms with Gasteiger partial charge >= 0.3 is 0 Å². The number of rotatable bonds is 9. The van der Waals surface area contributed by atoms with Crippen molar-refractivity contribution in [1.29, 1.82) is 0 Å². The van der Waals surface area contributed by atoms with Crippen molar-refractivity contribution < 1.29 is 14.2 Å². The molecule has 216 valence electrons. The molecule has 7 aromatic carbocycles. The molecule has 0 aliphatic rings. The van der Waals surface area contributed by atoms with E-state index in [1.54, 1.807) is 0 Å². The fourth-order valence-electron chi connectivity index (χ4n) is 5.38. The second-order valence-corrected chi connectivity index (χ2v) is 10.5. The maximum atomic E-state index is 6.86. The number of benzene rings is 7. The number of hydrogen-bond donors (Lipinski definition) is 0. The quantitative estimate of drug-likeness (QED) is 0.169. The van der Waals surface area contributed by atoms with Crippen LogP contribution >= 0.6 is 0 Å². The van der Waals surface area contributed by atoms with Gasteiger partial charge in [0.1, 0.15) is 34.5 Å². The molecule has 0 aromatic heterocycles. The topological polar surface area (TPSA) is 27.7 Å². The van der Waals surface area contributed by atoms with Crippen molar-refractivity contribution in [3.63, 3.8) is 0 Å². The maximum absolute atomic E-state index is 6.86. The molecule has 0 saturated carbocycles. The number of ether oxygens (including phenoxy) is 3. The number of hydrogen-bond acceptors (Lipinski definition) is 3. The molecule has 0 aliphatic carbocycles. The van der Waals surface area contributed by atoms with Gasteiger partial charge in [0, 0.05) is 16.7 Å². The van der Waals surface area contributed by atoms with Crippen molar-refractivity contribution in [1.82, 2.24) is 0 Å². The van der Waals surface area contributed by atoms with Crippen LogP contribution in [-0.4, -0.2) is 0 Å². The van der Waals surface area contributed by atoms with Crippen molar-refractivity contribution >= 4 is 0 Å². The van der Waals surface area contributed by atoms with E-state index in [0.29, 0.717) is 0 Å². The van der Waals surface area contributed by atoms with Gasteiger partial charge in [-0.3, -0.25) is 0 Å². The lowest BCUT2D eigenvalue weighted by Crippen LogP contribution is -1.97. The molecule has 0 atom stereocenters. The molecular weight excluding hydrogens is 552 g/mol. The van der Waals surface area contributed by atoms with E-state index < -0.39 is 0 Å². The predicted octanol–water partition coefficient (Wildman–Crippen LogP) is 12.1. The van der Waals surface area contributed by atoms with Crippen LogP contribution in [0.2, 0.25) is 0 Å². The normalized spacial score (nSPS) is 10.7. The highest BCUT2D eigenvalue weighted by atomic mass is 16.5. The summed E-state index contributed by atoms with van der Waals surface area (Å²) in [5, 5.41) is 0. The zero-order valence-corrected chi connectivity index (χ0v) is 24.5. The van der Waals surface area contributed by atoms with E-state index in [1.165, 1.54) is 0 Å². The van der Waals surface area contributed by atoms with Crippen LogP contribution in [0.4, 0.5) is 0 Å². The lowest BCUT2D eigenvalue weighted by atomic mass is 9.89. The highest BCUT2D eigenvalue weighted by molar-refractivity contribution is 5.94. The molecule has 7 aromatic rings. The zero-order chi connectivity index (χ0) is 30.3. The molecule has 3 heteroatoms.